The van der Waals surface area contributed by atoms with Crippen LogP contribution in [0.15, 0.2) is 65.7 Å². The lowest BCUT2D eigenvalue weighted by Crippen LogP contribution is -2.56. The van der Waals surface area contributed by atoms with Crippen LogP contribution in [0.5, 0.6) is 5.75 Å². The number of nitrogens with zero attached hydrogens (tertiary/aromatic N) is 4. The van der Waals surface area contributed by atoms with Crippen LogP contribution in [0.3, 0.4) is 0 Å². The predicted octanol–water partition coefficient (Wildman–Crippen LogP) is 2.81. The number of aromatic nitrogens is 3. The zero-order valence-corrected chi connectivity index (χ0v) is 16.5. The maximum absolute atomic E-state index is 12.6. The van der Waals surface area contributed by atoms with Gasteiger partial charge in [-0.3, -0.25) is 14.6 Å². The zero-order chi connectivity index (χ0) is 20.4. The predicted molar refractivity (Wildman–Crippen MR) is 109 cm³/mol. The van der Waals surface area contributed by atoms with Gasteiger partial charge >= 0.3 is 0 Å². The van der Waals surface area contributed by atoms with E-state index in [4.69, 9.17) is 16.3 Å². The number of amides is 1. The number of para-hydroxylation sites is 1. The highest BCUT2D eigenvalue weighted by molar-refractivity contribution is 6.32. The Morgan fingerprint density at radius 2 is 1.86 bits per heavy atom. The quantitative estimate of drug-likeness (QED) is 0.646. The molecule has 2 aromatic heterocycles. The molecule has 1 saturated heterocycles. The van der Waals surface area contributed by atoms with Crippen molar-refractivity contribution in [3.8, 4) is 17.0 Å². The number of carbonyl (C=O) groups is 1. The van der Waals surface area contributed by atoms with Crippen molar-refractivity contribution in [2.75, 3.05) is 13.1 Å². The number of benzene rings is 1. The summed E-state index contributed by atoms with van der Waals surface area (Å²) in [7, 11) is 0. The molecule has 0 radical (unpaired) electrons. The molecule has 1 aromatic carbocycles. The molecule has 1 aliphatic rings. The summed E-state index contributed by atoms with van der Waals surface area (Å²) < 4.78 is 7.14. The fourth-order valence-electron chi connectivity index (χ4n) is 3.19. The molecule has 1 atom stereocenters. The number of rotatable bonds is 5. The van der Waals surface area contributed by atoms with E-state index >= 15 is 0 Å². The summed E-state index contributed by atoms with van der Waals surface area (Å²) in [5.74, 6) is 0.314. The molecular formula is C21H19ClN4O3. The molecule has 7 nitrogen and oxygen atoms in total. The van der Waals surface area contributed by atoms with Crippen molar-refractivity contribution in [2.24, 2.45) is 0 Å². The van der Waals surface area contributed by atoms with E-state index in [1.165, 1.54) is 10.7 Å². The molecule has 0 saturated carbocycles. The number of ether oxygens (including phenoxy) is 1. The van der Waals surface area contributed by atoms with Crippen LogP contribution in [0.25, 0.3) is 11.3 Å². The molecule has 148 valence electrons. The second-order valence-electron chi connectivity index (χ2n) is 6.82. The topological polar surface area (TPSA) is 77.3 Å². The van der Waals surface area contributed by atoms with Crippen LogP contribution in [0.4, 0.5) is 0 Å². The van der Waals surface area contributed by atoms with E-state index in [1.807, 2.05) is 12.1 Å². The number of halogens is 1. The summed E-state index contributed by atoms with van der Waals surface area (Å²) in [4.78, 5) is 30.6. The van der Waals surface area contributed by atoms with Crippen molar-refractivity contribution in [1.29, 1.82) is 0 Å². The second kappa shape index (κ2) is 8.05. The first-order valence-electron chi connectivity index (χ1n) is 9.23. The van der Waals surface area contributed by atoms with Crippen LogP contribution < -0.4 is 10.3 Å². The molecule has 3 aromatic rings. The normalized spacial score (nSPS) is 14.9. The Hall–Kier alpha value is -3.19. The number of likely N-dealkylation sites (tertiary alicyclic amines) is 1. The number of pyridine rings is 1. The third-order valence-electron chi connectivity index (χ3n) is 4.81. The first-order chi connectivity index (χ1) is 14.0. The molecule has 0 spiro atoms. The lowest BCUT2D eigenvalue weighted by atomic mass is 10.1. The first-order valence-corrected chi connectivity index (χ1v) is 9.61. The summed E-state index contributed by atoms with van der Waals surface area (Å²) in [6.07, 6.45) is 2.68. The SMILES string of the molecule is CC(Oc1ccccc1Cl)C(=O)N1CC(n2nc(-c3ccncc3)ccc2=O)C1. The van der Waals surface area contributed by atoms with Crippen molar-refractivity contribution < 1.29 is 9.53 Å². The van der Waals surface area contributed by atoms with Crippen LogP contribution in [0, 0.1) is 0 Å². The number of carbonyl (C=O) groups excluding carboxylic acids is 1. The van der Waals surface area contributed by atoms with Gasteiger partial charge in [-0.25, -0.2) is 4.68 Å². The molecule has 4 rings (SSSR count). The van der Waals surface area contributed by atoms with Crippen LogP contribution in [0.2, 0.25) is 5.02 Å². The van der Waals surface area contributed by atoms with Gasteiger partial charge in [0.25, 0.3) is 11.5 Å². The summed E-state index contributed by atoms with van der Waals surface area (Å²) in [5, 5.41) is 4.93. The van der Waals surface area contributed by atoms with Crippen LogP contribution in [-0.4, -0.2) is 44.8 Å². The number of hydrogen-bond donors (Lipinski definition) is 0. The molecular weight excluding hydrogens is 392 g/mol. The second-order valence-corrected chi connectivity index (χ2v) is 7.23. The third kappa shape index (κ3) is 4.00. The van der Waals surface area contributed by atoms with Gasteiger partial charge in [-0.2, -0.15) is 5.10 Å². The summed E-state index contributed by atoms with van der Waals surface area (Å²) >= 11 is 6.09. The summed E-state index contributed by atoms with van der Waals surface area (Å²) in [5.41, 5.74) is 1.37. The van der Waals surface area contributed by atoms with E-state index in [0.29, 0.717) is 29.6 Å². The van der Waals surface area contributed by atoms with Crippen molar-refractivity contribution >= 4 is 17.5 Å². The zero-order valence-electron chi connectivity index (χ0n) is 15.7. The van der Waals surface area contributed by atoms with Gasteiger partial charge in [0.2, 0.25) is 0 Å². The van der Waals surface area contributed by atoms with Crippen molar-refractivity contribution in [1.82, 2.24) is 19.7 Å². The Morgan fingerprint density at radius 1 is 1.14 bits per heavy atom. The third-order valence-corrected chi connectivity index (χ3v) is 5.12. The maximum atomic E-state index is 12.6. The minimum absolute atomic E-state index is 0.153. The minimum Gasteiger partial charge on any atom is -0.479 e. The fraction of sp³-hybridized carbons (Fsp3) is 0.238. The van der Waals surface area contributed by atoms with E-state index in [0.717, 1.165) is 5.56 Å². The van der Waals surface area contributed by atoms with Gasteiger partial charge < -0.3 is 9.64 Å². The van der Waals surface area contributed by atoms with Gasteiger partial charge in [0.05, 0.1) is 16.8 Å². The van der Waals surface area contributed by atoms with E-state index < -0.39 is 6.10 Å². The van der Waals surface area contributed by atoms with Crippen molar-refractivity contribution in [2.45, 2.75) is 19.1 Å². The molecule has 1 unspecified atom stereocenters. The minimum atomic E-state index is -0.677. The molecule has 0 aliphatic carbocycles. The number of hydrogen-bond acceptors (Lipinski definition) is 5. The average Bonchev–Trinajstić information content (AvgIpc) is 2.70. The highest BCUT2D eigenvalue weighted by Crippen LogP contribution is 2.26. The van der Waals surface area contributed by atoms with Gasteiger partial charge in [-0.1, -0.05) is 23.7 Å². The summed E-state index contributed by atoms with van der Waals surface area (Å²) in [6.45, 7) is 2.50. The Morgan fingerprint density at radius 3 is 2.59 bits per heavy atom. The smallest absolute Gasteiger partial charge is 0.267 e. The Kier molecular flexibility index (Phi) is 5.31. The summed E-state index contributed by atoms with van der Waals surface area (Å²) in [6, 6.07) is 13.7. The van der Waals surface area contributed by atoms with Gasteiger partial charge in [-0.05, 0) is 37.3 Å². The lowest BCUT2D eigenvalue weighted by molar-refractivity contribution is -0.144. The van der Waals surface area contributed by atoms with Crippen LogP contribution in [0.1, 0.15) is 13.0 Å². The van der Waals surface area contributed by atoms with Crippen LogP contribution >= 0.6 is 11.6 Å². The molecule has 29 heavy (non-hydrogen) atoms. The molecule has 1 fully saturated rings. The highest BCUT2D eigenvalue weighted by atomic mass is 35.5. The fourth-order valence-corrected chi connectivity index (χ4v) is 3.37. The highest BCUT2D eigenvalue weighted by Gasteiger charge is 2.36. The molecule has 1 aliphatic heterocycles. The Labute approximate surface area is 172 Å². The van der Waals surface area contributed by atoms with Crippen LogP contribution in [-0.2, 0) is 4.79 Å². The maximum Gasteiger partial charge on any atom is 0.267 e. The molecule has 0 N–H and O–H groups in total. The van der Waals surface area contributed by atoms with E-state index in [1.54, 1.807) is 54.5 Å². The average molecular weight is 411 g/mol. The van der Waals surface area contributed by atoms with E-state index in [2.05, 4.69) is 10.1 Å². The van der Waals surface area contributed by atoms with E-state index in [9.17, 15) is 9.59 Å². The standard InChI is InChI=1S/C21H19ClN4O3/c1-14(29-19-5-3-2-4-17(19)22)21(28)25-12-16(13-25)26-20(27)7-6-18(24-26)15-8-10-23-11-9-15/h2-11,14,16H,12-13H2,1H3. The Bertz CT molecular complexity index is 1080. The Balaban J connectivity index is 1.42. The lowest BCUT2D eigenvalue weighted by Gasteiger charge is -2.40. The first kappa shape index (κ1) is 19.1. The monoisotopic (exact) mass is 410 g/mol. The van der Waals surface area contributed by atoms with Gasteiger partial charge in [0.1, 0.15) is 5.75 Å². The van der Waals surface area contributed by atoms with Gasteiger partial charge in [-0.15, -0.1) is 0 Å². The van der Waals surface area contributed by atoms with E-state index in [-0.39, 0.29) is 17.5 Å². The van der Waals surface area contributed by atoms with Crippen molar-refractivity contribution in [3.05, 3.63) is 76.3 Å². The molecule has 0 bridgehead atoms. The largest absolute Gasteiger partial charge is 0.479 e. The van der Waals surface area contributed by atoms with Gasteiger partial charge in [0.15, 0.2) is 6.10 Å². The molecule has 3 heterocycles. The van der Waals surface area contributed by atoms with Gasteiger partial charge in [0, 0.05) is 37.1 Å². The molecule has 1 amide bonds. The van der Waals surface area contributed by atoms with Crippen molar-refractivity contribution in [3.63, 3.8) is 0 Å². The molecule has 8 heteroatoms.